The highest BCUT2D eigenvalue weighted by atomic mass is 35.5. The molecular weight excluding hydrogens is 352 g/mol. The van der Waals surface area contributed by atoms with E-state index in [1.165, 1.54) is 0 Å². The summed E-state index contributed by atoms with van der Waals surface area (Å²) in [4.78, 5) is 26.9. The second kappa shape index (κ2) is 7.00. The number of amides is 2. The molecule has 2 aliphatic rings. The van der Waals surface area contributed by atoms with Crippen LogP contribution in [0.2, 0.25) is 5.02 Å². The molecular formula is C20H19ClN2O3. The van der Waals surface area contributed by atoms with E-state index < -0.39 is 6.10 Å². The number of hydrogen-bond donors (Lipinski definition) is 1. The Balaban J connectivity index is 1.44. The number of carbonyl (C=O) groups excluding carboxylic acids is 2. The Hall–Kier alpha value is -2.53. The molecule has 5 nitrogen and oxygen atoms in total. The van der Waals surface area contributed by atoms with Gasteiger partial charge in [0, 0.05) is 35.8 Å². The van der Waals surface area contributed by atoms with Crippen LogP contribution < -0.4 is 10.1 Å². The Morgan fingerprint density at radius 3 is 2.73 bits per heavy atom. The Morgan fingerprint density at radius 1 is 1.12 bits per heavy atom. The van der Waals surface area contributed by atoms with Crippen molar-refractivity contribution in [1.29, 1.82) is 0 Å². The third-order valence-corrected chi connectivity index (χ3v) is 4.99. The number of likely N-dealkylation sites (tertiary alicyclic amines) is 1. The second-order valence-corrected chi connectivity index (χ2v) is 7.07. The van der Waals surface area contributed by atoms with Gasteiger partial charge >= 0.3 is 0 Å². The van der Waals surface area contributed by atoms with E-state index in [1.807, 2.05) is 11.0 Å². The Kier molecular flexibility index (Phi) is 4.55. The highest BCUT2D eigenvalue weighted by molar-refractivity contribution is 6.30. The lowest BCUT2D eigenvalue weighted by Crippen LogP contribution is -2.31. The average Bonchev–Trinajstić information content (AvgIpc) is 3.30. The van der Waals surface area contributed by atoms with Gasteiger partial charge in [0.15, 0.2) is 6.10 Å². The molecule has 0 spiro atoms. The number of ether oxygens (including phenoxy) is 1. The molecule has 1 atom stereocenters. The predicted octanol–water partition coefficient (Wildman–Crippen LogP) is 3.52. The van der Waals surface area contributed by atoms with Gasteiger partial charge in [0.25, 0.3) is 11.8 Å². The van der Waals surface area contributed by atoms with Crippen LogP contribution in [-0.4, -0.2) is 35.9 Å². The van der Waals surface area contributed by atoms with Crippen LogP contribution in [0.25, 0.3) is 0 Å². The first kappa shape index (κ1) is 16.9. The molecule has 2 aromatic rings. The maximum Gasteiger partial charge on any atom is 0.265 e. The second-order valence-electron chi connectivity index (χ2n) is 6.63. The molecule has 1 saturated heterocycles. The van der Waals surface area contributed by atoms with Crippen molar-refractivity contribution in [3.63, 3.8) is 0 Å². The van der Waals surface area contributed by atoms with Crippen LogP contribution in [-0.2, 0) is 11.2 Å². The van der Waals surface area contributed by atoms with E-state index in [0.717, 1.165) is 31.5 Å². The quantitative estimate of drug-likeness (QED) is 0.899. The van der Waals surface area contributed by atoms with Crippen LogP contribution in [0.3, 0.4) is 0 Å². The van der Waals surface area contributed by atoms with Crippen molar-refractivity contribution in [3.05, 3.63) is 58.6 Å². The molecule has 1 N–H and O–H groups in total. The number of halogens is 1. The number of nitrogens with one attached hydrogen (secondary N) is 1. The number of fused-ring (bicyclic) bond motifs is 1. The summed E-state index contributed by atoms with van der Waals surface area (Å²) in [6, 6.07) is 12.4. The fraction of sp³-hybridized carbons (Fsp3) is 0.300. The zero-order chi connectivity index (χ0) is 18.1. The lowest BCUT2D eigenvalue weighted by molar-refractivity contribution is -0.122. The minimum atomic E-state index is -0.596. The molecule has 0 aliphatic carbocycles. The molecule has 2 amide bonds. The van der Waals surface area contributed by atoms with Crippen molar-refractivity contribution in [2.24, 2.45) is 0 Å². The fourth-order valence-electron chi connectivity index (χ4n) is 3.42. The van der Waals surface area contributed by atoms with E-state index in [-0.39, 0.29) is 11.8 Å². The van der Waals surface area contributed by atoms with Crippen LogP contribution in [0.4, 0.5) is 5.69 Å². The van der Waals surface area contributed by atoms with Gasteiger partial charge in [-0.3, -0.25) is 9.59 Å². The zero-order valence-electron chi connectivity index (χ0n) is 14.2. The van der Waals surface area contributed by atoms with Crippen molar-refractivity contribution < 1.29 is 14.3 Å². The number of nitrogens with zero attached hydrogens (tertiary/aromatic N) is 1. The molecule has 6 heteroatoms. The summed E-state index contributed by atoms with van der Waals surface area (Å²) in [6.07, 6.45) is 1.98. The number of rotatable bonds is 3. The molecule has 2 aliphatic heterocycles. The van der Waals surface area contributed by atoms with E-state index in [0.29, 0.717) is 28.4 Å². The summed E-state index contributed by atoms with van der Waals surface area (Å²) in [5.74, 6) is 0.466. The van der Waals surface area contributed by atoms with Gasteiger partial charge < -0.3 is 15.0 Å². The minimum Gasteiger partial charge on any atom is -0.480 e. The van der Waals surface area contributed by atoms with Crippen LogP contribution in [0.1, 0.15) is 28.8 Å². The molecule has 1 unspecified atom stereocenters. The molecule has 0 radical (unpaired) electrons. The highest BCUT2D eigenvalue weighted by Gasteiger charge is 2.29. The van der Waals surface area contributed by atoms with Crippen molar-refractivity contribution in [3.8, 4) is 5.75 Å². The fourth-order valence-corrected chi connectivity index (χ4v) is 3.61. The van der Waals surface area contributed by atoms with Gasteiger partial charge in [-0.05, 0) is 54.8 Å². The summed E-state index contributed by atoms with van der Waals surface area (Å²) in [5.41, 5.74) is 2.11. The number of anilines is 1. The van der Waals surface area contributed by atoms with Gasteiger partial charge in [-0.25, -0.2) is 0 Å². The summed E-state index contributed by atoms with van der Waals surface area (Å²) in [7, 11) is 0. The highest BCUT2D eigenvalue weighted by Crippen LogP contribution is 2.31. The lowest BCUT2D eigenvalue weighted by atomic mass is 10.1. The molecule has 2 heterocycles. The third kappa shape index (κ3) is 3.40. The number of hydrogen-bond acceptors (Lipinski definition) is 3. The first-order chi connectivity index (χ1) is 12.6. The van der Waals surface area contributed by atoms with Crippen LogP contribution in [0, 0.1) is 0 Å². The molecule has 26 heavy (non-hydrogen) atoms. The van der Waals surface area contributed by atoms with Crippen LogP contribution in [0.15, 0.2) is 42.5 Å². The van der Waals surface area contributed by atoms with Gasteiger partial charge in [-0.15, -0.1) is 0 Å². The predicted molar refractivity (Wildman–Crippen MR) is 99.8 cm³/mol. The number of carbonyl (C=O) groups is 2. The molecule has 0 aromatic heterocycles. The van der Waals surface area contributed by atoms with Crippen LogP contribution >= 0.6 is 11.6 Å². The van der Waals surface area contributed by atoms with Crippen molar-refractivity contribution in [1.82, 2.24) is 4.90 Å². The van der Waals surface area contributed by atoms with E-state index >= 15 is 0 Å². The number of benzene rings is 2. The van der Waals surface area contributed by atoms with E-state index in [9.17, 15) is 9.59 Å². The molecule has 2 aromatic carbocycles. The first-order valence-electron chi connectivity index (χ1n) is 8.75. The molecule has 0 saturated carbocycles. The lowest BCUT2D eigenvalue weighted by Gasteiger charge is -2.16. The van der Waals surface area contributed by atoms with Crippen LogP contribution in [0.5, 0.6) is 5.75 Å². The summed E-state index contributed by atoms with van der Waals surface area (Å²) in [5, 5.41) is 3.48. The van der Waals surface area contributed by atoms with Crippen molar-refractivity contribution >= 4 is 29.1 Å². The largest absolute Gasteiger partial charge is 0.480 e. The third-order valence-electron chi connectivity index (χ3n) is 4.76. The van der Waals surface area contributed by atoms with Gasteiger partial charge in [0.1, 0.15) is 5.75 Å². The Labute approximate surface area is 156 Å². The van der Waals surface area contributed by atoms with Gasteiger partial charge in [-0.2, -0.15) is 0 Å². The van der Waals surface area contributed by atoms with E-state index in [1.54, 1.807) is 36.4 Å². The Bertz CT molecular complexity index is 862. The minimum absolute atomic E-state index is 0.0118. The smallest absolute Gasteiger partial charge is 0.265 e. The molecule has 1 fully saturated rings. The summed E-state index contributed by atoms with van der Waals surface area (Å²) >= 11 is 5.99. The standard InChI is InChI=1S/C20H19ClN2O3/c21-15-6-7-17-14(10-15)12-18(26-17)19(24)22-16-5-3-4-13(11-16)20(25)23-8-1-2-9-23/h3-7,10-11,18H,1-2,8-9,12H2,(H,22,24). The van der Waals surface area contributed by atoms with Gasteiger partial charge in [0.2, 0.25) is 0 Å². The summed E-state index contributed by atoms with van der Waals surface area (Å²) < 4.78 is 5.71. The van der Waals surface area contributed by atoms with Crippen molar-refractivity contribution in [2.75, 3.05) is 18.4 Å². The van der Waals surface area contributed by atoms with Gasteiger partial charge in [0.05, 0.1) is 0 Å². The molecule has 134 valence electrons. The zero-order valence-corrected chi connectivity index (χ0v) is 15.0. The average molecular weight is 371 g/mol. The molecule has 0 bridgehead atoms. The Morgan fingerprint density at radius 2 is 1.92 bits per heavy atom. The topological polar surface area (TPSA) is 58.6 Å². The van der Waals surface area contributed by atoms with Crippen molar-refractivity contribution in [2.45, 2.75) is 25.4 Å². The normalized spacial score (nSPS) is 18.3. The van der Waals surface area contributed by atoms with E-state index in [2.05, 4.69) is 5.32 Å². The van der Waals surface area contributed by atoms with Gasteiger partial charge in [-0.1, -0.05) is 17.7 Å². The maximum atomic E-state index is 12.5. The molecule has 4 rings (SSSR count). The maximum absolute atomic E-state index is 12.5. The first-order valence-corrected chi connectivity index (χ1v) is 9.13. The SMILES string of the molecule is O=C(Nc1cccc(C(=O)N2CCCC2)c1)C1Cc2cc(Cl)ccc2O1. The monoisotopic (exact) mass is 370 g/mol. The van der Waals surface area contributed by atoms with E-state index in [4.69, 9.17) is 16.3 Å². The summed E-state index contributed by atoms with van der Waals surface area (Å²) in [6.45, 7) is 1.60.